The van der Waals surface area contributed by atoms with Crippen LogP contribution in [0.1, 0.15) is 45.1 Å². The molecule has 26 heavy (non-hydrogen) atoms. The molecule has 0 radical (unpaired) electrons. The Morgan fingerprint density at radius 3 is 2.27 bits per heavy atom. The maximum Gasteiger partial charge on any atom is 0.243 e. The Morgan fingerprint density at radius 1 is 1.15 bits per heavy atom. The Morgan fingerprint density at radius 2 is 1.73 bits per heavy atom. The van der Waals surface area contributed by atoms with E-state index in [1.165, 1.54) is 0 Å². The summed E-state index contributed by atoms with van der Waals surface area (Å²) in [6, 6.07) is 4.34. The largest absolute Gasteiger partial charge is 0.325 e. The highest BCUT2D eigenvalue weighted by Crippen LogP contribution is 2.26. The number of nitrogens with two attached hydrogens (primary N) is 1. The third kappa shape index (κ3) is 5.42. The minimum absolute atomic E-state index is 0. The van der Waals surface area contributed by atoms with Crippen molar-refractivity contribution in [2.75, 3.05) is 18.4 Å². The zero-order valence-electron chi connectivity index (χ0n) is 15.7. The van der Waals surface area contributed by atoms with Gasteiger partial charge >= 0.3 is 0 Å². The average molecular weight is 404 g/mol. The number of anilines is 1. The Bertz CT molecular complexity index is 714. The smallest absolute Gasteiger partial charge is 0.243 e. The second kappa shape index (κ2) is 9.69. The second-order valence-corrected chi connectivity index (χ2v) is 8.96. The van der Waals surface area contributed by atoms with E-state index in [-0.39, 0.29) is 29.1 Å². The van der Waals surface area contributed by atoms with Gasteiger partial charge in [0.2, 0.25) is 15.9 Å². The molecule has 0 spiro atoms. The number of amides is 1. The quantitative estimate of drug-likeness (QED) is 0.790. The number of halogens is 1. The fourth-order valence-corrected chi connectivity index (χ4v) is 4.67. The van der Waals surface area contributed by atoms with Gasteiger partial charge in [-0.25, -0.2) is 8.42 Å². The molecule has 1 aromatic rings. The molecule has 1 amide bonds. The van der Waals surface area contributed by atoms with Gasteiger partial charge in [-0.05, 0) is 43.4 Å². The predicted molar refractivity (Wildman–Crippen MR) is 107 cm³/mol. The SMILES string of the molecule is Cc1ccc(NC(=O)C(N)C(C)C)cc1S(=O)(=O)N1CCCCCC1.Cl. The summed E-state index contributed by atoms with van der Waals surface area (Å²) < 4.78 is 27.6. The average Bonchev–Trinajstić information content (AvgIpc) is 2.85. The molecule has 1 aliphatic rings. The van der Waals surface area contributed by atoms with Gasteiger partial charge in [0.15, 0.2) is 0 Å². The lowest BCUT2D eigenvalue weighted by molar-refractivity contribution is -0.118. The van der Waals surface area contributed by atoms with Crippen molar-refractivity contribution in [3.8, 4) is 0 Å². The van der Waals surface area contributed by atoms with Gasteiger partial charge in [-0.1, -0.05) is 32.8 Å². The zero-order valence-corrected chi connectivity index (χ0v) is 17.3. The van der Waals surface area contributed by atoms with Crippen LogP contribution in [0.3, 0.4) is 0 Å². The first-order valence-electron chi connectivity index (χ1n) is 8.90. The van der Waals surface area contributed by atoms with Crippen LogP contribution >= 0.6 is 12.4 Å². The molecule has 148 valence electrons. The van der Waals surface area contributed by atoms with Crippen LogP contribution in [-0.4, -0.2) is 37.8 Å². The monoisotopic (exact) mass is 403 g/mol. The van der Waals surface area contributed by atoms with Crippen molar-refractivity contribution in [3.63, 3.8) is 0 Å². The molecule has 1 unspecified atom stereocenters. The van der Waals surface area contributed by atoms with E-state index in [1.807, 2.05) is 13.8 Å². The Labute approximate surface area is 163 Å². The molecular formula is C18H30ClN3O3S. The number of nitrogens with one attached hydrogen (secondary N) is 1. The van der Waals surface area contributed by atoms with Crippen LogP contribution in [0.4, 0.5) is 5.69 Å². The summed E-state index contributed by atoms with van der Waals surface area (Å²) in [6.45, 7) is 6.62. The van der Waals surface area contributed by atoms with Gasteiger partial charge in [-0.2, -0.15) is 4.31 Å². The number of benzene rings is 1. The van der Waals surface area contributed by atoms with Gasteiger partial charge in [-0.15, -0.1) is 12.4 Å². The van der Waals surface area contributed by atoms with E-state index in [2.05, 4.69) is 5.32 Å². The van der Waals surface area contributed by atoms with E-state index < -0.39 is 16.1 Å². The first kappa shape index (κ1) is 22.9. The number of hydrogen-bond donors (Lipinski definition) is 2. The van der Waals surface area contributed by atoms with Gasteiger partial charge in [0.1, 0.15) is 0 Å². The molecule has 0 aromatic heterocycles. The topological polar surface area (TPSA) is 92.5 Å². The summed E-state index contributed by atoms with van der Waals surface area (Å²) in [4.78, 5) is 12.4. The van der Waals surface area contributed by atoms with Crippen LogP contribution < -0.4 is 11.1 Å². The fraction of sp³-hybridized carbons (Fsp3) is 0.611. The van der Waals surface area contributed by atoms with Crippen molar-refractivity contribution in [2.45, 2.75) is 57.4 Å². The van der Waals surface area contributed by atoms with Crippen molar-refractivity contribution >= 4 is 34.0 Å². The van der Waals surface area contributed by atoms with Gasteiger partial charge in [-0.3, -0.25) is 4.79 Å². The molecule has 0 aliphatic carbocycles. The molecule has 2 rings (SSSR count). The highest BCUT2D eigenvalue weighted by atomic mass is 35.5. The summed E-state index contributed by atoms with van der Waals surface area (Å²) in [5.41, 5.74) is 6.99. The normalized spacial score (nSPS) is 17.3. The molecule has 0 saturated carbocycles. The maximum absolute atomic E-state index is 13.0. The lowest BCUT2D eigenvalue weighted by Gasteiger charge is -2.22. The molecule has 1 atom stereocenters. The Kier molecular flexibility index (Phi) is 8.53. The van der Waals surface area contributed by atoms with E-state index in [4.69, 9.17) is 5.73 Å². The summed E-state index contributed by atoms with van der Waals surface area (Å²) >= 11 is 0. The predicted octanol–water partition coefficient (Wildman–Crippen LogP) is 2.90. The molecule has 1 aliphatic heterocycles. The highest BCUT2D eigenvalue weighted by Gasteiger charge is 2.27. The second-order valence-electron chi connectivity index (χ2n) is 7.06. The van der Waals surface area contributed by atoms with Gasteiger partial charge < -0.3 is 11.1 Å². The first-order chi connectivity index (χ1) is 11.7. The molecule has 1 aromatic carbocycles. The molecule has 3 N–H and O–H groups in total. The van der Waals surface area contributed by atoms with Crippen LogP contribution in [-0.2, 0) is 14.8 Å². The third-order valence-electron chi connectivity index (χ3n) is 4.66. The summed E-state index contributed by atoms with van der Waals surface area (Å²) in [7, 11) is -3.56. The van der Waals surface area contributed by atoms with Crippen LogP contribution in [0.15, 0.2) is 23.1 Å². The summed E-state index contributed by atoms with van der Waals surface area (Å²) in [5.74, 6) is -0.303. The van der Waals surface area contributed by atoms with Crippen molar-refractivity contribution < 1.29 is 13.2 Å². The first-order valence-corrected chi connectivity index (χ1v) is 10.3. The van der Waals surface area contributed by atoms with E-state index in [9.17, 15) is 13.2 Å². The minimum Gasteiger partial charge on any atom is -0.325 e. The van der Waals surface area contributed by atoms with Gasteiger partial charge in [0.05, 0.1) is 10.9 Å². The van der Waals surface area contributed by atoms with Crippen molar-refractivity contribution in [1.82, 2.24) is 4.31 Å². The van der Waals surface area contributed by atoms with Crippen LogP contribution in [0, 0.1) is 12.8 Å². The highest BCUT2D eigenvalue weighted by molar-refractivity contribution is 7.89. The number of nitrogens with zero attached hydrogens (tertiary/aromatic N) is 1. The number of rotatable bonds is 5. The van der Waals surface area contributed by atoms with Crippen LogP contribution in [0.25, 0.3) is 0 Å². The molecule has 6 nitrogen and oxygen atoms in total. The lowest BCUT2D eigenvalue weighted by atomic mass is 10.0. The van der Waals surface area contributed by atoms with Crippen LogP contribution in [0.5, 0.6) is 0 Å². The molecule has 1 heterocycles. The maximum atomic E-state index is 13.0. The van der Waals surface area contributed by atoms with Crippen molar-refractivity contribution in [1.29, 1.82) is 0 Å². The van der Waals surface area contributed by atoms with Crippen LogP contribution in [0.2, 0.25) is 0 Å². The van der Waals surface area contributed by atoms with Gasteiger partial charge in [0, 0.05) is 18.8 Å². The number of aryl methyl sites for hydroxylation is 1. The minimum atomic E-state index is -3.56. The summed E-state index contributed by atoms with van der Waals surface area (Å²) in [6.07, 6.45) is 3.90. The van der Waals surface area contributed by atoms with E-state index in [1.54, 1.807) is 29.4 Å². The number of sulfonamides is 1. The Hall–Kier alpha value is -1.15. The molecule has 1 saturated heterocycles. The van der Waals surface area contributed by atoms with E-state index in [0.717, 1.165) is 25.7 Å². The zero-order chi connectivity index (χ0) is 18.6. The van der Waals surface area contributed by atoms with E-state index >= 15 is 0 Å². The standard InChI is InChI=1S/C18H29N3O3S.ClH/c1-13(2)17(19)18(22)20-15-9-8-14(3)16(12-15)25(23,24)21-10-6-4-5-7-11-21;/h8-9,12-13,17H,4-7,10-11,19H2,1-3H3,(H,20,22);1H. The van der Waals surface area contributed by atoms with Gasteiger partial charge in [0.25, 0.3) is 0 Å². The molecule has 1 fully saturated rings. The lowest BCUT2D eigenvalue weighted by Crippen LogP contribution is -2.39. The molecule has 0 bridgehead atoms. The fourth-order valence-electron chi connectivity index (χ4n) is 2.91. The summed E-state index contributed by atoms with van der Waals surface area (Å²) in [5, 5.41) is 2.73. The number of carbonyl (C=O) groups is 1. The van der Waals surface area contributed by atoms with Crippen molar-refractivity contribution in [2.24, 2.45) is 11.7 Å². The molecular weight excluding hydrogens is 374 g/mol. The number of hydrogen-bond acceptors (Lipinski definition) is 4. The number of carbonyl (C=O) groups excluding carboxylic acids is 1. The Balaban J connectivity index is 0.00000338. The third-order valence-corrected chi connectivity index (χ3v) is 6.70. The van der Waals surface area contributed by atoms with E-state index in [0.29, 0.717) is 24.3 Å². The van der Waals surface area contributed by atoms with Crippen molar-refractivity contribution in [3.05, 3.63) is 23.8 Å². The molecule has 8 heteroatoms.